The maximum Gasteiger partial charge on any atom is 0.200 e. The molecule has 3 heteroatoms. The topological polar surface area (TPSA) is 9.23 Å². The van der Waals surface area contributed by atoms with Gasteiger partial charge in [0.2, 0.25) is 5.82 Å². The Labute approximate surface area is 128 Å². The normalized spacial score (nSPS) is 22.3. The monoisotopic (exact) mass is 298 g/mol. The van der Waals surface area contributed by atoms with Crippen LogP contribution in [0.15, 0.2) is 6.07 Å². The zero-order valence-corrected chi connectivity index (χ0v) is 13.3. The van der Waals surface area contributed by atoms with Gasteiger partial charge in [-0.1, -0.05) is 19.8 Å². The molecule has 1 saturated carbocycles. The fraction of sp³-hybridized carbons (Fsp3) is 0.667. The minimum Gasteiger partial charge on any atom is -0.491 e. The van der Waals surface area contributed by atoms with Crippen molar-refractivity contribution >= 4 is 0 Å². The van der Waals surface area contributed by atoms with Crippen LogP contribution in [0.25, 0.3) is 0 Å². The Kier molecular flexibility index (Phi) is 5.60. The van der Waals surface area contributed by atoms with E-state index in [9.17, 15) is 8.78 Å². The van der Waals surface area contributed by atoms with E-state index in [4.69, 9.17) is 4.74 Å². The third kappa shape index (κ3) is 3.56. The van der Waals surface area contributed by atoms with Gasteiger partial charge in [-0.05, 0) is 68.6 Å². The molecular formula is C18H28F2O. The van der Waals surface area contributed by atoms with Crippen LogP contribution in [-0.4, -0.2) is 6.61 Å². The van der Waals surface area contributed by atoms with Crippen LogP contribution in [0.5, 0.6) is 5.75 Å². The summed E-state index contributed by atoms with van der Waals surface area (Å²) < 4.78 is 33.7. The van der Waals surface area contributed by atoms with Gasteiger partial charge in [-0.2, -0.15) is 4.39 Å². The summed E-state index contributed by atoms with van der Waals surface area (Å²) in [5.74, 6) is -0.563. The maximum atomic E-state index is 14.4. The Morgan fingerprint density at radius 2 is 1.81 bits per heavy atom. The van der Waals surface area contributed by atoms with E-state index in [1.807, 2.05) is 6.92 Å². The van der Waals surface area contributed by atoms with Crippen molar-refractivity contribution in [3.8, 4) is 5.75 Å². The first-order valence-corrected chi connectivity index (χ1v) is 8.19. The number of halogens is 2. The molecule has 0 radical (unpaired) electrons. The van der Waals surface area contributed by atoms with Crippen LogP contribution in [0, 0.1) is 24.5 Å². The highest BCUT2D eigenvalue weighted by Gasteiger charge is 2.28. The van der Waals surface area contributed by atoms with Gasteiger partial charge in [0.15, 0.2) is 11.6 Å². The van der Waals surface area contributed by atoms with E-state index >= 15 is 0 Å². The zero-order chi connectivity index (χ0) is 15.4. The molecule has 1 aliphatic rings. The van der Waals surface area contributed by atoms with Crippen molar-refractivity contribution in [2.45, 2.75) is 65.2 Å². The SMILES string of the molecule is CCCC1CCC(c2c(C)cc(OCC)c(F)c2F)CC1.[HH]. The molecule has 0 spiro atoms. The Morgan fingerprint density at radius 1 is 1.14 bits per heavy atom. The van der Waals surface area contributed by atoms with Gasteiger partial charge < -0.3 is 4.74 Å². The van der Waals surface area contributed by atoms with Crippen molar-refractivity contribution in [1.29, 1.82) is 0 Å². The van der Waals surface area contributed by atoms with Crippen LogP contribution in [-0.2, 0) is 0 Å². The molecule has 0 bridgehead atoms. The molecule has 0 atom stereocenters. The van der Waals surface area contributed by atoms with E-state index < -0.39 is 11.6 Å². The fourth-order valence-corrected chi connectivity index (χ4v) is 3.65. The van der Waals surface area contributed by atoms with E-state index in [2.05, 4.69) is 6.92 Å². The lowest BCUT2D eigenvalue weighted by atomic mass is 9.76. The molecule has 0 saturated heterocycles. The predicted octanol–water partition coefficient (Wildman–Crippen LogP) is 5.99. The largest absolute Gasteiger partial charge is 0.491 e. The molecule has 1 aliphatic carbocycles. The number of benzene rings is 1. The Balaban J connectivity index is 0.00000242. The molecular weight excluding hydrogens is 270 g/mol. The van der Waals surface area contributed by atoms with Gasteiger partial charge in [0, 0.05) is 1.43 Å². The van der Waals surface area contributed by atoms with Crippen LogP contribution in [0.1, 0.15) is 70.8 Å². The molecule has 1 nitrogen and oxygen atoms in total. The molecule has 0 N–H and O–H groups in total. The molecule has 0 aliphatic heterocycles. The van der Waals surface area contributed by atoms with Crippen molar-refractivity contribution < 1.29 is 14.9 Å². The molecule has 0 aromatic heterocycles. The van der Waals surface area contributed by atoms with Gasteiger partial charge in [0.05, 0.1) is 6.61 Å². The van der Waals surface area contributed by atoms with Crippen LogP contribution in [0.2, 0.25) is 0 Å². The molecule has 0 unspecified atom stereocenters. The summed E-state index contributed by atoms with van der Waals surface area (Å²) in [5.41, 5.74) is 1.39. The van der Waals surface area contributed by atoms with Crippen LogP contribution in [0.3, 0.4) is 0 Å². The van der Waals surface area contributed by atoms with E-state index in [1.165, 1.54) is 12.8 Å². The van der Waals surface area contributed by atoms with Crippen molar-refractivity contribution in [2.24, 2.45) is 5.92 Å². The molecule has 0 heterocycles. The molecule has 2 rings (SSSR count). The predicted molar refractivity (Wildman–Crippen MR) is 84.0 cm³/mol. The second-order valence-corrected chi connectivity index (χ2v) is 6.17. The highest BCUT2D eigenvalue weighted by Crippen LogP contribution is 2.41. The number of hydrogen-bond acceptors (Lipinski definition) is 1. The lowest BCUT2D eigenvalue weighted by Gasteiger charge is -2.30. The summed E-state index contributed by atoms with van der Waals surface area (Å²) in [6.07, 6.45) is 6.66. The minimum atomic E-state index is -0.826. The Hall–Kier alpha value is -1.12. The van der Waals surface area contributed by atoms with E-state index in [1.54, 1.807) is 13.0 Å². The fourth-order valence-electron chi connectivity index (χ4n) is 3.65. The maximum absolute atomic E-state index is 14.4. The first kappa shape index (κ1) is 16.3. The number of aryl methyl sites for hydroxylation is 1. The molecule has 1 aromatic rings. The van der Waals surface area contributed by atoms with E-state index in [0.29, 0.717) is 12.2 Å². The first-order chi connectivity index (χ1) is 10.1. The second-order valence-electron chi connectivity index (χ2n) is 6.17. The summed E-state index contributed by atoms with van der Waals surface area (Å²) in [7, 11) is 0. The van der Waals surface area contributed by atoms with Crippen LogP contribution in [0.4, 0.5) is 8.78 Å². The lowest BCUT2D eigenvalue weighted by molar-refractivity contribution is 0.295. The van der Waals surface area contributed by atoms with Crippen LogP contribution >= 0.6 is 0 Å². The summed E-state index contributed by atoms with van der Waals surface area (Å²) in [6, 6.07) is 1.65. The zero-order valence-electron chi connectivity index (χ0n) is 13.3. The van der Waals surface area contributed by atoms with E-state index in [-0.39, 0.29) is 13.1 Å². The van der Waals surface area contributed by atoms with Crippen molar-refractivity contribution in [1.82, 2.24) is 0 Å². The molecule has 1 aromatic carbocycles. The molecule has 1 fully saturated rings. The third-order valence-electron chi connectivity index (χ3n) is 4.67. The van der Waals surface area contributed by atoms with Gasteiger partial charge >= 0.3 is 0 Å². The average Bonchev–Trinajstić information content (AvgIpc) is 2.47. The van der Waals surface area contributed by atoms with Gasteiger partial charge in [-0.25, -0.2) is 4.39 Å². The van der Waals surface area contributed by atoms with Gasteiger partial charge in [0.1, 0.15) is 0 Å². The lowest BCUT2D eigenvalue weighted by Crippen LogP contribution is -2.16. The third-order valence-corrected chi connectivity index (χ3v) is 4.67. The summed E-state index contributed by atoms with van der Waals surface area (Å²) in [4.78, 5) is 0. The Morgan fingerprint density at radius 3 is 2.38 bits per heavy atom. The van der Waals surface area contributed by atoms with Gasteiger partial charge in [-0.15, -0.1) is 0 Å². The van der Waals surface area contributed by atoms with Crippen LogP contribution < -0.4 is 4.74 Å². The Bertz CT molecular complexity index is 482. The molecule has 120 valence electrons. The number of rotatable bonds is 5. The summed E-state index contributed by atoms with van der Waals surface area (Å²) in [5, 5.41) is 0. The highest BCUT2D eigenvalue weighted by molar-refractivity contribution is 5.40. The van der Waals surface area contributed by atoms with Gasteiger partial charge in [-0.3, -0.25) is 0 Å². The van der Waals surface area contributed by atoms with Crippen molar-refractivity contribution in [3.05, 3.63) is 28.8 Å². The highest BCUT2D eigenvalue weighted by atomic mass is 19.2. The van der Waals surface area contributed by atoms with Gasteiger partial charge in [0.25, 0.3) is 0 Å². The van der Waals surface area contributed by atoms with Crippen molar-refractivity contribution in [2.75, 3.05) is 6.61 Å². The molecule has 21 heavy (non-hydrogen) atoms. The van der Waals surface area contributed by atoms with Crippen molar-refractivity contribution in [3.63, 3.8) is 0 Å². The number of ether oxygens (including phenoxy) is 1. The van der Waals surface area contributed by atoms with E-state index in [0.717, 1.165) is 37.2 Å². The smallest absolute Gasteiger partial charge is 0.200 e. The number of hydrogen-bond donors (Lipinski definition) is 0. The first-order valence-electron chi connectivity index (χ1n) is 8.19. The average molecular weight is 298 g/mol. The summed E-state index contributed by atoms with van der Waals surface area (Å²) >= 11 is 0. The quantitative estimate of drug-likeness (QED) is 0.648. The molecule has 0 amide bonds. The summed E-state index contributed by atoms with van der Waals surface area (Å²) in [6.45, 7) is 6.18. The second kappa shape index (κ2) is 7.24. The standard InChI is InChI=1S/C18H26F2O.H2/c1-4-6-13-7-9-14(10-8-13)16-12(3)11-15(21-5-2)17(19)18(16)20;/h11,13-14H,4-10H2,1-3H3;1H. The minimum absolute atomic E-state index is 0.